The molecule has 0 aromatic heterocycles. The summed E-state index contributed by atoms with van der Waals surface area (Å²) < 4.78 is 5.43. The monoisotopic (exact) mass is 540 g/mol. The number of para-hydroxylation sites is 1. The first-order valence-corrected chi connectivity index (χ1v) is 13.1. The smallest absolute Gasteiger partial charge is 0.408 e. The van der Waals surface area contributed by atoms with E-state index < -0.39 is 35.6 Å². The molecule has 0 radical (unpaired) electrons. The number of benzene rings is 3. The number of anilines is 1. The van der Waals surface area contributed by atoms with Gasteiger partial charge in [-0.2, -0.15) is 5.26 Å². The van der Waals surface area contributed by atoms with Crippen LogP contribution >= 0.6 is 0 Å². The number of rotatable bonds is 9. The topological polar surface area (TPSA) is 112 Å². The summed E-state index contributed by atoms with van der Waals surface area (Å²) in [5, 5.41) is 15.4. The standard InChI is InChI=1S/C32H36N4O4/c1-22-15-17-25(18-16-22)28(29(37)34-26-14-10-9-11-23(26)2)36(20-19-33)30(38)27(21-24-12-7-6-8-13-24)35-31(39)40-32(3,4)5/h6-18,27-28H,20-21H2,1-5H3,(H,34,37)(H,35,39). The van der Waals surface area contributed by atoms with Gasteiger partial charge in [0, 0.05) is 12.1 Å². The Morgan fingerprint density at radius 1 is 0.925 bits per heavy atom. The minimum atomic E-state index is -1.13. The molecule has 8 heteroatoms. The number of carbonyl (C=O) groups excluding carboxylic acids is 3. The number of carbonyl (C=O) groups is 3. The molecule has 2 unspecified atom stereocenters. The predicted molar refractivity (Wildman–Crippen MR) is 154 cm³/mol. The summed E-state index contributed by atoms with van der Waals surface area (Å²) in [5.74, 6) is -1.06. The Hall–Kier alpha value is -4.64. The molecule has 0 saturated heterocycles. The van der Waals surface area contributed by atoms with E-state index in [1.54, 1.807) is 39.0 Å². The van der Waals surface area contributed by atoms with Crippen LogP contribution in [0.25, 0.3) is 0 Å². The molecule has 0 aliphatic heterocycles. The van der Waals surface area contributed by atoms with Gasteiger partial charge in [-0.25, -0.2) is 4.79 Å². The van der Waals surface area contributed by atoms with Gasteiger partial charge in [-0.3, -0.25) is 9.59 Å². The lowest BCUT2D eigenvalue weighted by molar-refractivity contribution is -0.140. The van der Waals surface area contributed by atoms with Crippen molar-refractivity contribution in [2.45, 2.75) is 58.7 Å². The molecule has 0 bridgehead atoms. The number of hydrogen-bond donors (Lipinski definition) is 2. The number of nitriles is 1. The molecule has 2 N–H and O–H groups in total. The van der Waals surface area contributed by atoms with Gasteiger partial charge in [0.05, 0.1) is 6.07 Å². The highest BCUT2D eigenvalue weighted by Gasteiger charge is 2.36. The molecule has 0 aliphatic rings. The average molecular weight is 541 g/mol. The van der Waals surface area contributed by atoms with Crippen molar-refractivity contribution >= 4 is 23.6 Å². The summed E-state index contributed by atoms with van der Waals surface area (Å²) in [4.78, 5) is 42.0. The Kier molecular flexibility index (Phi) is 10.0. The number of alkyl carbamates (subject to hydrolysis) is 1. The van der Waals surface area contributed by atoms with Gasteiger partial charge in [-0.05, 0) is 57.4 Å². The van der Waals surface area contributed by atoms with Gasteiger partial charge in [0.15, 0.2) is 0 Å². The Labute approximate surface area is 236 Å². The van der Waals surface area contributed by atoms with Gasteiger partial charge in [0.2, 0.25) is 5.91 Å². The van der Waals surface area contributed by atoms with Crippen molar-refractivity contribution in [3.05, 3.63) is 101 Å². The van der Waals surface area contributed by atoms with Crippen LogP contribution in [0, 0.1) is 25.2 Å². The maximum Gasteiger partial charge on any atom is 0.408 e. The summed E-state index contributed by atoms with van der Waals surface area (Å²) in [7, 11) is 0. The fourth-order valence-corrected chi connectivity index (χ4v) is 4.21. The second-order valence-electron chi connectivity index (χ2n) is 10.6. The van der Waals surface area contributed by atoms with Gasteiger partial charge < -0.3 is 20.3 Å². The van der Waals surface area contributed by atoms with Crippen LogP contribution in [0.3, 0.4) is 0 Å². The molecule has 0 aliphatic carbocycles. The Morgan fingerprint density at radius 2 is 1.55 bits per heavy atom. The predicted octanol–water partition coefficient (Wildman–Crippen LogP) is 5.47. The van der Waals surface area contributed by atoms with E-state index in [0.717, 1.165) is 16.7 Å². The fraction of sp³-hybridized carbons (Fsp3) is 0.312. The molecule has 208 valence electrons. The molecule has 3 aromatic rings. The van der Waals surface area contributed by atoms with Crippen molar-refractivity contribution in [2.75, 3.05) is 11.9 Å². The molecule has 8 nitrogen and oxygen atoms in total. The van der Waals surface area contributed by atoms with Crippen molar-refractivity contribution in [1.29, 1.82) is 5.26 Å². The van der Waals surface area contributed by atoms with E-state index in [9.17, 15) is 19.6 Å². The maximum absolute atomic E-state index is 14.2. The highest BCUT2D eigenvalue weighted by atomic mass is 16.6. The molecule has 40 heavy (non-hydrogen) atoms. The average Bonchev–Trinajstić information content (AvgIpc) is 2.89. The van der Waals surface area contributed by atoms with E-state index in [2.05, 4.69) is 10.6 Å². The Morgan fingerprint density at radius 3 is 2.15 bits per heavy atom. The third kappa shape index (κ3) is 8.43. The molecular weight excluding hydrogens is 504 g/mol. The van der Waals surface area contributed by atoms with E-state index in [-0.39, 0.29) is 13.0 Å². The second-order valence-corrected chi connectivity index (χ2v) is 10.6. The maximum atomic E-state index is 14.2. The zero-order chi connectivity index (χ0) is 29.3. The lowest BCUT2D eigenvalue weighted by Gasteiger charge is -2.33. The zero-order valence-electron chi connectivity index (χ0n) is 23.6. The Bertz CT molecular complexity index is 1360. The SMILES string of the molecule is Cc1ccc(C(C(=O)Nc2ccccc2C)N(CC#N)C(=O)C(Cc2ccccc2)NC(=O)OC(C)(C)C)cc1. The van der Waals surface area contributed by atoms with Gasteiger partial charge in [0.25, 0.3) is 5.91 Å². The summed E-state index contributed by atoms with van der Waals surface area (Å²) in [6, 6.07) is 23.6. The van der Waals surface area contributed by atoms with Crippen LogP contribution in [0.5, 0.6) is 0 Å². The second kappa shape index (κ2) is 13.4. The molecular formula is C32H36N4O4. The molecule has 2 atom stereocenters. The van der Waals surface area contributed by atoms with E-state index in [1.165, 1.54) is 4.90 Å². The van der Waals surface area contributed by atoms with E-state index >= 15 is 0 Å². The number of hydrogen-bond acceptors (Lipinski definition) is 5. The van der Waals surface area contributed by atoms with Crippen molar-refractivity contribution in [2.24, 2.45) is 0 Å². The first-order chi connectivity index (χ1) is 19.0. The number of ether oxygens (including phenoxy) is 1. The van der Waals surface area contributed by atoms with E-state index in [4.69, 9.17) is 4.74 Å². The van der Waals surface area contributed by atoms with Gasteiger partial charge in [-0.15, -0.1) is 0 Å². The van der Waals surface area contributed by atoms with E-state index in [0.29, 0.717) is 11.3 Å². The molecule has 0 fully saturated rings. The van der Waals surface area contributed by atoms with Crippen LogP contribution in [0.2, 0.25) is 0 Å². The highest BCUT2D eigenvalue weighted by Crippen LogP contribution is 2.26. The number of nitrogens with zero attached hydrogens (tertiary/aromatic N) is 2. The van der Waals surface area contributed by atoms with Gasteiger partial charge in [-0.1, -0.05) is 78.4 Å². The molecule has 3 rings (SSSR count). The molecule has 3 amide bonds. The summed E-state index contributed by atoms with van der Waals surface area (Å²) in [6.45, 7) is 8.60. The molecule has 0 spiro atoms. The first-order valence-electron chi connectivity index (χ1n) is 13.1. The third-order valence-electron chi connectivity index (χ3n) is 6.15. The largest absolute Gasteiger partial charge is 0.444 e. The molecule has 3 aromatic carbocycles. The third-order valence-corrected chi connectivity index (χ3v) is 6.15. The fourth-order valence-electron chi connectivity index (χ4n) is 4.21. The van der Waals surface area contributed by atoms with Crippen molar-refractivity contribution in [3.63, 3.8) is 0 Å². The highest BCUT2D eigenvalue weighted by molar-refractivity contribution is 5.99. The molecule has 0 saturated carbocycles. The summed E-state index contributed by atoms with van der Waals surface area (Å²) in [6.07, 6.45) is -0.629. The number of aryl methyl sites for hydroxylation is 2. The minimum absolute atomic E-state index is 0.140. The summed E-state index contributed by atoms with van der Waals surface area (Å²) in [5.41, 5.74) is 2.98. The lowest BCUT2D eigenvalue weighted by atomic mass is 9.99. The van der Waals surface area contributed by atoms with Crippen molar-refractivity contribution in [1.82, 2.24) is 10.2 Å². The van der Waals surface area contributed by atoms with Crippen LogP contribution in [0.1, 0.15) is 49.1 Å². The quantitative estimate of drug-likeness (QED) is 0.350. The van der Waals surface area contributed by atoms with Crippen LogP contribution in [-0.4, -0.2) is 41.0 Å². The molecule has 0 heterocycles. The number of amides is 3. The first kappa shape index (κ1) is 29.9. The zero-order valence-corrected chi connectivity index (χ0v) is 23.6. The van der Waals surface area contributed by atoms with Crippen molar-refractivity contribution < 1.29 is 19.1 Å². The summed E-state index contributed by atoms with van der Waals surface area (Å²) >= 11 is 0. The van der Waals surface area contributed by atoms with Crippen LogP contribution in [0.4, 0.5) is 10.5 Å². The van der Waals surface area contributed by atoms with Crippen LogP contribution < -0.4 is 10.6 Å². The lowest BCUT2D eigenvalue weighted by Crippen LogP contribution is -2.53. The van der Waals surface area contributed by atoms with Gasteiger partial charge in [0.1, 0.15) is 24.2 Å². The number of nitrogens with one attached hydrogen (secondary N) is 2. The Balaban J connectivity index is 2.03. The van der Waals surface area contributed by atoms with Crippen LogP contribution in [0.15, 0.2) is 78.9 Å². The minimum Gasteiger partial charge on any atom is -0.444 e. The van der Waals surface area contributed by atoms with Crippen molar-refractivity contribution in [3.8, 4) is 6.07 Å². The van der Waals surface area contributed by atoms with Crippen LogP contribution in [-0.2, 0) is 20.7 Å². The van der Waals surface area contributed by atoms with E-state index in [1.807, 2.05) is 80.6 Å². The normalized spacial score (nSPS) is 12.4. The van der Waals surface area contributed by atoms with Gasteiger partial charge >= 0.3 is 6.09 Å².